The maximum Gasteiger partial charge on any atom is 0.126 e. The Hall–Kier alpha value is -0.970. The fraction of sp³-hybridized carbons (Fsp3) is 0.538. The third-order valence-corrected chi connectivity index (χ3v) is 2.56. The first-order chi connectivity index (χ1) is 8.13. The Labute approximate surface area is 102 Å². The van der Waals surface area contributed by atoms with Crippen molar-refractivity contribution in [2.75, 3.05) is 20.3 Å². The lowest BCUT2D eigenvalue weighted by Gasteiger charge is -2.10. The summed E-state index contributed by atoms with van der Waals surface area (Å²) < 4.78 is 17.8. The molecular weight excluding hydrogens is 221 g/mol. The molecule has 0 aliphatic heterocycles. The molecule has 0 saturated heterocycles. The zero-order chi connectivity index (χ0) is 12.7. The second-order valence-electron chi connectivity index (χ2n) is 4.16. The summed E-state index contributed by atoms with van der Waals surface area (Å²) in [5.41, 5.74) is 1.70. The summed E-state index contributed by atoms with van der Waals surface area (Å²) in [5.74, 6) is -0.177. The van der Waals surface area contributed by atoms with Crippen molar-refractivity contribution in [2.45, 2.75) is 26.0 Å². The van der Waals surface area contributed by atoms with Crippen molar-refractivity contribution in [1.82, 2.24) is 5.32 Å². The van der Waals surface area contributed by atoms with E-state index in [9.17, 15) is 9.50 Å². The third-order valence-electron chi connectivity index (χ3n) is 2.56. The van der Waals surface area contributed by atoms with Gasteiger partial charge >= 0.3 is 0 Å². The van der Waals surface area contributed by atoms with Crippen molar-refractivity contribution >= 4 is 0 Å². The summed E-state index contributed by atoms with van der Waals surface area (Å²) in [6.45, 7) is 3.50. The molecule has 0 spiro atoms. The number of rotatable bonds is 7. The van der Waals surface area contributed by atoms with E-state index in [0.29, 0.717) is 31.7 Å². The van der Waals surface area contributed by atoms with Crippen LogP contribution in [0.5, 0.6) is 0 Å². The minimum atomic E-state index is -0.428. The molecule has 1 aromatic carbocycles. The summed E-state index contributed by atoms with van der Waals surface area (Å²) in [4.78, 5) is 0. The van der Waals surface area contributed by atoms with Crippen LogP contribution in [-0.2, 0) is 11.3 Å². The third kappa shape index (κ3) is 5.26. The van der Waals surface area contributed by atoms with Crippen LogP contribution in [0, 0.1) is 12.7 Å². The van der Waals surface area contributed by atoms with Crippen LogP contribution in [0.3, 0.4) is 0 Å². The van der Waals surface area contributed by atoms with Gasteiger partial charge in [-0.05, 0) is 37.1 Å². The number of hydrogen-bond donors (Lipinski definition) is 2. The van der Waals surface area contributed by atoms with Gasteiger partial charge in [0.2, 0.25) is 0 Å². The Balaban J connectivity index is 2.24. The van der Waals surface area contributed by atoms with Crippen LogP contribution in [-0.4, -0.2) is 31.5 Å². The van der Waals surface area contributed by atoms with Crippen LogP contribution >= 0.6 is 0 Å². The maximum absolute atomic E-state index is 13.0. The quantitative estimate of drug-likeness (QED) is 0.713. The van der Waals surface area contributed by atoms with E-state index in [2.05, 4.69) is 5.32 Å². The second kappa shape index (κ2) is 7.37. The van der Waals surface area contributed by atoms with Gasteiger partial charge in [0.05, 0.1) is 12.7 Å². The first-order valence-corrected chi connectivity index (χ1v) is 5.76. The fourth-order valence-corrected chi connectivity index (χ4v) is 1.59. The smallest absolute Gasteiger partial charge is 0.126 e. The number of aliphatic hydroxyl groups is 1. The molecule has 0 aliphatic rings. The van der Waals surface area contributed by atoms with E-state index in [1.165, 1.54) is 6.07 Å². The van der Waals surface area contributed by atoms with Gasteiger partial charge in [0.1, 0.15) is 5.82 Å². The molecule has 3 nitrogen and oxygen atoms in total. The van der Waals surface area contributed by atoms with E-state index in [1.54, 1.807) is 20.1 Å². The Morgan fingerprint density at radius 1 is 1.47 bits per heavy atom. The van der Waals surface area contributed by atoms with E-state index in [1.807, 2.05) is 6.07 Å². The first kappa shape index (κ1) is 14.1. The standard InChI is InChI=1S/C13H20FNO2/c1-10-7-11(3-4-13(10)14)8-15-6-5-12(16)9-17-2/h3-4,7,12,15-16H,5-6,8-9H2,1-2H3. The highest BCUT2D eigenvalue weighted by Gasteiger charge is 2.03. The Bertz CT molecular complexity index is 344. The van der Waals surface area contributed by atoms with Gasteiger partial charge in [0, 0.05) is 13.7 Å². The second-order valence-corrected chi connectivity index (χ2v) is 4.16. The Morgan fingerprint density at radius 2 is 2.24 bits per heavy atom. The summed E-state index contributed by atoms with van der Waals surface area (Å²) in [6, 6.07) is 5.07. The van der Waals surface area contributed by atoms with Crippen LogP contribution < -0.4 is 5.32 Å². The summed E-state index contributed by atoms with van der Waals surface area (Å²) in [6.07, 6.45) is 0.219. The number of halogens is 1. The highest BCUT2D eigenvalue weighted by Crippen LogP contribution is 2.08. The SMILES string of the molecule is COCC(O)CCNCc1ccc(F)c(C)c1. The fourth-order valence-electron chi connectivity index (χ4n) is 1.59. The lowest BCUT2D eigenvalue weighted by molar-refractivity contribution is 0.0594. The molecule has 0 saturated carbocycles. The molecule has 1 aromatic rings. The molecule has 96 valence electrons. The number of methoxy groups -OCH3 is 1. The highest BCUT2D eigenvalue weighted by atomic mass is 19.1. The summed E-state index contributed by atoms with van der Waals surface area (Å²) in [5, 5.41) is 12.6. The molecule has 17 heavy (non-hydrogen) atoms. The summed E-state index contributed by atoms with van der Waals surface area (Å²) in [7, 11) is 1.57. The molecule has 0 heterocycles. The van der Waals surface area contributed by atoms with Gasteiger partial charge in [-0.25, -0.2) is 4.39 Å². The molecule has 4 heteroatoms. The molecule has 2 N–H and O–H groups in total. The number of benzene rings is 1. The van der Waals surface area contributed by atoms with E-state index in [0.717, 1.165) is 5.56 Å². The van der Waals surface area contributed by atoms with Crippen LogP contribution in [0.1, 0.15) is 17.5 Å². The average Bonchev–Trinajstić information content (AvgIpc) is 2.29. The molecule has 1 atom stereocenters. The van der Waals surface area contributed by atoms with Gasteiger partial charge in [-0.1, -0.05) is 12.1 Å². The zero-order valence-electron chi connectivity index (χ0n) is 10.4. The number of hydrogen-bond acceptors (Lipinski definition) is 3. The Kier molecular flexibility index (Phi) is 6.11. The predicted molar refractivity (Wildman–Crippen MR) is 65.3 cm³/mol. The monoisotopic (exact) mass is 241 g/mol. The van der Waals surface area contributed by atoms with E-state index >= 15 is 0 Å². The molecule has 0 radical (unpaired) electrons. The Morgan fingerprint density at radius 3 is 2.88 bits per heavy atom. The van der Waals surface area contributed by atoms with Crippen molar-refractivity contribution in [3.05, 3.63) is 35.1 Å². The molecule has 1 unspecified atom stereocenters. The highest BCUT2D eigenvalue weighted by molar-refractivity contribution is 5.23. The minimum absolute atomic E-state index is 0.177. The lowest BCUT2D eigenvalue weighted by atomic mass is 10.1. The van der Waals surface area contributed by atoms with E-state index in [4.69, 9.17) is 4.74 Å². The molecule has 0 amide bonds. The van der Waals surface area contributed by atoms with Crippen molar-refractivity contribution in [2.24, 2.45) is 0 Å². The van der Waals surface area contributed by atoms with Crippen LogP contribution in [0.2, 0.25) is 0 Å². The molecule has 0 fully saturated rings. The van der Waals surface area contributed by atoms with Crippen LogP contribution in [0.4, 0.5) is 4.39 Å². The van der Waals surface area contributed by atoms with Gasteiger partial charge in [-0.2, -0.15) is 0 Å². The van der Waals surface area contributed by atoms with Gasteiger partial charge in [0.25, 0.3) is 0 Å². The molecule has 0 aliphatic carbocycles. The molecule has 0 bridgehead atoms. The number of aryl methyl sites for hydroxylation is 1. The van der Waals surface area contributed by atoms with Crippen molar-refractivity contribution < 1.29 is 14.2 Å². The van der Waals surface area contributed by atoms with Gasteiger partial charge in [0.15, 0.2) is 0 Å². The number of aliphatic hydroxyl groups excluding tert-OH is 1. The van der Waals surface area contributed by atoms with Gasteiger partial charge in [-0.15, -0.1) is 0 Å². The minimum Gasteiger partial charge on any atom is -0.391 e. The summed E-state index contributed by atoms with van der Waals surface area (Å²) >= 11 is 0. The lowest BCUT2D eigenvalue weighted by Crippen LogP contribution is -2.23. The number of nitrogens with one attached hydrogen (secondary N) is 1. The van der Waals surface area contributed by atoms with Crippen molar-refractivity contribution in [1.29, 1.82) is 0 Å². The van der Waals surface area contributed by atoms with E-state index < -0.39 is 6.10 Å². The van der Waals surface area contributed by atoms with E-state index in [-0.39, 0.29) is 5.82 Å². The van der Waals surface area contributed by atoms with Crippen molar-refractivity contribution in [3.63, 3.8) is 0 Å². The largest absolute Gasteiger partial charge is 0.391 e. The van der Waals surface area contributed by atoms with Gasteiger partial charge < -0.3 is 15.2 Å². The average molecular weight is 241 g/mol. The molecule has 0 aromatic heterocycles. The van der Waals surface area contributed by atoms with Crippen LogP contribution in [0.15, 0.2) is 18.2 Å². The predicted octanol–water partition coefficient (Wildman–Crippen LogP) is 1.62. The van der Waals surface area contributed by atoms with Gasteiger partial charge in [-0.3, -0.25) is 0 Å². The maximum atomic E-state index is 13.0. The normalized spacial score (nSPS) is 12.7. The first-order valence-electron chi connectivity index (χ1n) is 5.76. The van der Waals surface area contributed by atoms with Crippen LogP contribution in [0.25, 0.3) is 0 Å². The van der Waals surface area contributed by atoms with Crippen molar-refractivity contribution in [3.8, 4) is 0 Å². The topological polar surface area (TPSA) is 41.5 Å². The number of ether oxygens (including phenoxy) is 1. The molecular formula is C13H20FNO2. The zero-order valence-corrected chi connectivity index (χ0v) is 10.4. The molecule has 1 rings (SSSR count).